The Morgan fingerprint density at radius 2 is 1.88 bits per heavy atom. The van der Waals surface area contributed by atoms with Crippen LogP contribution in [0.5, 0.6) is 0 Å². The van der Waals surface area contributed by atoms with E-state index in [0.717, 1.165) is 16.6 Å². The topological polar surface area (TPSA) is 71.0 Å². The van der Waals surface area contributed by atoms with Crippen LogP contribution in [-0.2, 0) is 25.4 Å². The van der Waals surface area contributed by atoms with Gasteiger partial charge in [0.15, 0.2) is 11.2 Å². The molecule has 1 aromatic carbocycles. The number of hydrogen-bond donors (Lipinski definition) is 0. The Hall–Kier alpha value is -2.67. The molecule has 1 atom stereocenters. The van der Waals surface area contributed by atoms with Crippen LogP contribution in [0, 0.1) is 0 Å². The van der Waals surface area contributed by atoms with Gasteiger partial charge >= 0.3 is 5.69 Å². The fourth-order valence-electron chi connectivity index (χ4n) is 3.26. The highest BCUT2D eigenvalue weighted by Crippen LogP contribution is 2.29. The molecule has 0 fully saturated rings. The molecule has 7 nitrogen and oxygen atoms in total. The highest BCUT2D eigenvalue weighted by Gasteiger charge is 2.27. The van der Waals surface area contributed by atoms with Crippen LogP contribution in [0.15, 0.2) is 39.9 Å². The van der Waals surface area contributed by atoms with Crippen molar-refractivity contribution in [1.29, 1.82) is 0 Å². The van der Waals surface area contributed by atoms with Crippen molar-refractivity contribution in [2.24, 2.45) is 14.1 Å². The van der Waals surface area contributed by atoms with Crippen molar-refractivity contribution in [2.75, 3.05) is 6.61 Å². The summed E-state index contributed by atoms with van der Waals surface area (Å²) in [7, 11) is 3.13. The van der Waals surface area contributed by atoms with Crippen LogP contribution in [0.3, 0.4) is 0 Å². The van der Waals surface area contributed by atoms with Gasteiger partial charge in [-0.2, -0.15) is 0 Å². The SMILES string of the molecule is Cn1c(=O)c2c(nc3n2CCCOC3c2ccccc2)n(C)c1=O. The first kappa shape index (κ1) is 14.9. The van der Waals surface area contributed by atoms with E-state index in [1.807, 2.05) is 34.9 Å². The van der Waals surface area contributed by atoms with Gasteiger partial charge in [0, 0.05) is 27.2 Å². The molecule has 0 bridgehead atoms. The van der Waals surface area contributed by atoms with Crippen molar-refractivity contribution in [3.05, 3.63) is 62.6 Å². The second kappa shape index (κ2) is 5.45. The van der Waals surface area contributed by atoms with E-state index in [1.54, 1.807) is 7.05 Å². The lowest BCUT2D eigenvalue weighted by molar-refractivity contribution is 0.0813. The Bertz CT molecular complexity index is 1030. The number of nitrogens with zero attached hydrogens (tertiary/aromatic N) is 4. The highest BCUT2D eigenvalue weighted by atomic mass is 16.5. The Balaban J connectivity index is 2.06. The molecule has 0 amide bonds. The van der Waals surface area contributed by atoms with Crippen LogP contribution in [0.25, 0.3) is 11.2 Å². The normalized spacial score (nSPS) is 17.7. The summed E-state index contributed by atoms with van der Waals surface area (Å²) in [5.74, 6) is 0.673. The van der Waals surface area contributed by atoms with Gasteiger partial charge < -0.3 is 9.30 Å². The largest absolute Gasteiger partial charge is 0.365 e. The van der Waals surface area contributed by atoms with E-state index in [4.69, 9.17) is 4.74 Å². The molecule has 0 saturated heterocycles. The van der Waals surface area contributed by atoms with Gasteiger partial charge in [-0.25, -0.2) is 9.78 Å². The van der Waals surface area contributed by atoms with E-state index < -0.39 is 0 Å². The molecule has 0 aliphatic carbocycles. The molecule has 2 aromatic heterocycles. The van der Waals surface area contributed by atoms with Crippen molar-refractivity contribution in [3.63, 3.8) is 0 Å². The zero-order valence-electron chi connectivity index (χ0n) is 13.6. The lowest BCUT2D eigenvalue weighted by Gasteiger charge is -2.15. The molecule has 0 N–H and O–H groups in total. The number of ether oxygens (including phenoxy) is 1. The lowest BCUT2D eigenvalue weighted by atomic mass is 10.1. The van der Waals surface area contributed by atoms with Gasteiger partial charge in [0.2, 0.25) is 0 Å². The first-order chi connectivity index (χ1) is 11.6. The van der Waals surface area contributed by atoms with E-state index in [2.05, 4.69) is 4.98 Å². The third-order valence-electron chi connectivity index (χ3n) is 4.52. The Morgan fingerprint density at radius 3 is 2.62 bits per heavy atom. The molecule has 7 heteroatoms. The number of rotatable bonds is 1. The summed E-state index contributed by atoms with van der Waals surface area (Å²) in [5.41, 5.74) is 1.15. The fraction of sp³-hybridized carbons (Fsp3) is 0.353. The molecule has 3 heterocycles. The third-order valence-corrected chi connectivity index (χ3v) is 4.52. The lowest BCUT2D eigenvalue weighted by Crippen LogP contribution is -2.37. The van der Waals surface area contributed by atoms with Gasteiger partial charge in [0.05, 0.1) is 0 Å². The number of fused-ring (bicyclic) bond motifs is 3. The predicted molar refractivity (Wildman–Crippen MR) is 89.1 cm³/mol. The second-order valence-electron chi connectivity index (χ2n) is 6.01. The maximum atomic E-state index is 12.6. The molecule has 1 aliphatic rings. The number of benzene rings is 1. The quantitative estimate of drug-likeness (QED) is 0.667. The Labute approximate surface area is 137 Å². The second-order valence-corrected chi connectivity index (χ2v) is 6.01. The molecule has 1 aliphatic heterocycles. The van der Waals surface area contributed by atoms with Crippen molar-refractivity contribution in [3.8, 4) is 0 Å². The molecule has 24 heavy (non-hydrogen) atoms. The van der Waals surface area contributed by atoms with Crippen LogP contribution in [0.1, 0.15) is 23.9 Å². The van der Waals surface area contributed by atoms with Crippen LogP contribution >= 0.6 is 0 Å². The summed E-state index contributed by atoms with van der Waals surface area (Å²) in [6.45, 7) is 1.24. The monoisotopic (exact) mass is 326 g/mol. The predicted octanol–water partition coefficient (Wildman–Crippen LogP) is 0.943. The Kier molecular flexibility index (Phi) is 3.38. The maximum absolute atomic E-state index is 12.6. The zero-order chi connectivity index (χ0) is 16.8. The fourth-order valence-corrected chi connectivity index (χ4v) is 3.26. The summed E-state index contributed by atoms with van der Waals surface area (Å²) in [4.78, 5) is 29.4. The molecule has 0 radical (unpaired) electrons. The van der Waals surface area contributed by atoms with E-state index in [0.29, 0.717) is 30.1 Å². The van der Waals surface area contributed by atoms with Crippen LogP contribution in [0.4, 0.5) is 0 Å². The average molecular weight is 326 g/mol. The minimum Gasteiger partial charge on any atom is -0.365 e. The number of hydrogen-bond acceptors (Lipinski definition) is 4. The molecule has 3 aromatic rings. The first-order valence-corrected chi connectivity index (χ1v) is 7.92. The highest BCUT2D eigenvalue weighted by molar-refractivity contribution is 5.71. The smallest absolute Gasteiger partial charge is 0.332 e. The zero-order valence-corrected chi connectivity index (χ0v) is 13.6. The van der Waals surface area contributed by atoms with Gasteiger partial charge in [0.1, 0.15) is 11.9 Å². The summed E-state index contributed by atoms with van der Waals surface area (Å²) >= 11 is 0. The van der Waals surface area contributed by atoms with Crippen molar-refractivity contribution >= 4 is 11.2 Å². The minimum atomic E-state index is -0.377. The molecule has 0 saturated carbocycles. The van der Waals surface area contributed by atoms with Gasteiger partial charge in [-0.3, -0.25) is 13.9 Å². The summed E-state index contributed by atoms with van der Waals surface area (Å²) < 4.78 is 10.5. The van der Waals surface area contributed by atoms with E-state index >= 15 is 0 Å². The minimum absolute atomic E-state index is 0.319. The number of aromatic nitrogens is 4. The average Bonchev–Trinajstić information content (AvgIpc) is 2.86. The van der Waals surface area contributed by atoms with Crippen LogP contribution < -0.4 is 11.2 Å². The number of imidazole rings is 1. The van der Waals surface area contributed by atoms with Crippen LogP contribution in [0.2, 0.25) is 0 Å². The van der Waals surface area contributed by atoms with Crippen molar-refractivity contribution < 1.29 is 4.74 Å². The standard InChI is InChI=1S/C17H18N4O3/c1-19-14-12(16(22)20(2)17(19)23)21-9-6-10-24-13(15(21)18-14)11-7-4-3-5-8-11/h3-5,7-8,13H,6,9-10H2,1-2H3. The molecular weight excluding hydrogens is 308 g/mol. The third kappa shape index (κ3) is 2.05. The molecule has 4 rings (SSSR count). The van der Waals surface area contributed by atoms with Gasteiger partial charge in [-0.1, -0.05) is 30.3 Å². The molecule has 0 spiro atoms. The van der Waals surface area contributed by atoms with E-state index in [1.165, 1.54) is 11.6 Å². The number of aryl methyl sites for hydroxylation is 2. The summed E-state index contributed by atoms with van der Waals surface area (Å²) in [6, 6.07) is 9.81. The molecule has 1 unspecified atom stereocenters. The van der Waals surface area contributed by atoms with Crippen LogP contribution in [-0.4, -0.2) is 25.3 Å². The van der Waals surface area contributed by atoms with E-state index in [-0.39, 0.29) is 17.4 Å². The van der Waals surface area contributed by atoms with Gasteiger partial charge in [-0.15, -0.1) is 0 Å². The van der Waals surface area contributed by atoms with Gasteiger partial charge in [-0.05, 0) is 12.0 Å². The van der Waals surface area contributed by atoms with E-state index in [9.17, 15) is 9.59 Å². The molecule has 124 valence electrons. The Morgan fingerprint density at radius 1 is 1.12 bits per heavy atom. The van der Waals surface area contributed by atoms with Crippen molar-refractivity contribution in [2.45, 2.75) is 19.1 Å². The maximum Gasteiger partial charge on any atom is 0.332 e. The van der Waals surface area contributed by atoms with Crippen molar-refractivity contribution in [1.82, 2.24) is 18.7 Å². The summed E-state index contributed by atoms with van der Waals surface area (Å²) in [5, 5.41) is 0. The van der Waals surface area contributed by atoms with Gasteiger partial charge in [0.25, 0.3) is 5.56 Å². The summed E-state index contributed by atoms with van der Waals surface area (Å²) in [6.07, 6.45) is 0.439. The molecular formula is C17H18N4O3. The first-order valence-electron chi connectivity index (χ1n) is 7.92.